The highest BCUT2D eigenvalue weighted by atomic mass is 35.5. The molecular weight excluding hydrogens is 354 g/mol. The van der Waals surface area contributed by atoms with E-state index in [0.29, 0.717) is 35.4 Å². The van der Waals surface area contributed by atoms with E-state index in [4.69, 9.17) is 21.1 Å². The largest absolute Gasteiger partial charge is 0.492 e. The number of nitrogens with zero attached hydrogens (tertiary/aromatic N) is 2. The highest BCUT2D eigenvalue weighted by Crippen LogP contribution is 2.23. The van der Waals surface area contributed by atoms with Crippen molar-refractivity contribution in [3.05, 3.63) is 72.0 Å². The van der Waals surface area contributed by atoms with Gasteiger partial charge in [0.15, 0.2) is 6.61 Å². The van der Waals surface area contributed by atoms with Gasteiger partial charge in [-0.1, -0.05) is 29.8 Å². The zero-order valence-corrected chi connectivity index (χ0v) is 14.7. The first kappa shape index (κ1) is 17.8. The molecule has 0 saturated carbocycles. The average molecular weight is 372 g/mol. The molecule has 0 saturated heterocycles. The molecule has 0 fully saturated rings. The van der Waals surface area contributed by atoms with Gasteiger partial charge in [0.25, 0.3) is 5.91 Å². The fourth-order valence-electron chi connectivity index (χ4n) is 2.26. The second kappa shape index (κ2) is 8.92. The molecule has 0 atom stereocenters. The Morgan fingerprint density at radius 1 is 1.12 bits per heavy atom. The van der Waals surface area contributed by atoms with Crippen LogP contribution in [0, 0.1) is 0 Å². The quantitative estimate of drug-likeness (QED) is 0.656. The van der Waals surface area contributed by atoms with E-state index >= 15 is 0 Å². The molecular formula is C19H18ClN3O3. The standard InChI is InChI=1S/C19H18ClN3O3/c20-17-7-1-2-8-18(17)26-14-19(24)22-15-5-3-6-16(13-15)25-12-11-23-10-4-9-21-23/h1-10,13H,11-12,14H2,(H,22,24). The number of carbonyl (C=O) groups is 1. The van der Waals surface area contributed by atoms with Crippen LogP contribution < -0.4 is 14.8 Å². The molecule has 0 aliphatic carbocycles. The van der Waals surface area contributed by atoms with Crippen molar-refractivity contribution in [2.75, 3.05) is 18.5 Å². The van der Waals surface area contributed by atoms with Crippen molar-refractivity contribution in [2.24, 2.45) is 0 Å². The zero-order chi connectivity index (χ0) is 18.2. The van der Waals surface area contributed by atoms with Crippen molar-refractivity contribution in [3.63, 3.8) is 0 Å². The number of nitrogens with one attached hydrogen (secondary N) is 1. The summed E-state index contributed by atoms with van der Waals surface area (Å²) in [6.07, 6.45) is 3.60. The molecule has 1 aromatic heterocycles. The molecule has 0 aliphatic heterocycles. The molecule has 0 unspecified atom stereocenters. The molecule has 1 heterocycles. The molecule has 1 amide bonds. The van der Waals surface area contributed by atoms with Crippen molar-refractivity contribution in [3.8, 4) is 11.5 Å². The third kappa shape index (κ3) is 5.26. The number of hydrogen-bond donors (Lipinski definition) is 1. The number of benzene rings is 2. The van der Waals surface area contributed by atoms with E-state index in [-0.39, 0.29) is 12.5 Å². The molecule has 0 aliphatic rings. The first-order valence-electron chi connectivity index (χ1n) is 8.08. The number of para-hydroxylation sites is 1. The number of hydrogen-bond acceptors (Lipinski definition) is 4. The molecule has 0 bridgehead atoms. The summed E-state index contributed by atoms with van der Waals surface area (Å²) in [6, 6.07) is 16.1. The number of amides is 1. The molecule has 3 rings (SSSR count). The minimum absolute atomic E-state index is 0.131. The number of ether oxygens (including phenoxy) is 2. The Balaban J connectivity index is 1.48. The van der Waals surface area contributed by atoms with Crippen LogP contribution in [0.15, 0.2) is 67.0 Å². The van der Waals surface area contributed by atoms with E-state index < -0.39 is 0 Å². The van der Waals surface area contributed by atoms with Crippen molar-refractivity contribution >= 4 is 23.2 Å². The number of carbonyl (C=O) groups excluding carboxylic acids is 1. The van der Waals surface area contributed by atoms with Crippen LogP contribution in [0.2, 0.25) is 5.02 Å². The maximum absolute atomic E-state index is 12.0. The van der Waals surface area contributed by atoms with Gasteiger partial charge in [-0.25, -0.2) is 0 Å². The Labute approximate surface area is 156 Å². The molecule has 26 heavy (non-hydrogen) atoms. The Morgan fingerprint density at radius 3 is 2.81 bits per heavy atom. The van der Waals surface area contributed by atoms with Gasteiger partial charge < -0.3 is 14.8 Å². The minimum atomic E-state index is -0.279. The summed E-state index contributed by atoms with van der Waals surface area (Å²) in [7, 11) is 0. The van der Waals surface area contributed by atoms with E-state index in [1.54, 1.807) is 47.3 Å². The van der Waals surface area contributed by atoms with Crippen LogP contribution in [0.5, 0.6) is 11.5 Å². The first-order chi connectivity index (χ1) is 12.7. The zero-order valence-electron chi connectivity index (χ0n) is 14.0. The summed E-state index contributed by atoms with van der Waals surface area (Å²) < 4.78 is 12.9. The van der Waals surface area contributed by atoms with Gasteiger partial charge >= 0.3 is 0 Å². The lowest BCUT2D eigenvalue weighted by atomic mass is 10.3. The number of rotatable bonds is 8. The SMILES string of the molecule is O=C(COc1ccccc1Cl)Nc1cccc(OCCn2cccn2)c1. The van der Waals surface area contributed by atoms with Gasteiger partial charge in [-0.2, -0.15) is 5.10 Å². The fraction of sp³-hybridized carbons (Fsp3) is 0.158. The normalized spacial score (nSPS) is 10.3. The summed E-state index contributed by atoms with van der Waals surface area (Å²) in [5, 5.41) is 7.35. The maximum atomic E-state index is 12.0. The monoisotopic (exact) mass is 371 g/mol. The van der Waals surface area contributed by atoms with E-state index in [9.17, 15) is 4.79 Å². The summed E-state index contributed by atoms with van der Waals surface area (Å²) in [5.41, 5.74) is 0.634. The molecule has 134 valence electrons. The summed E-state index contributed by atoms with van der Waals surface area (Å²) in [4.78, 5) is 12.0. The van der Waals surface area contributed by atoms with Gasteiger partial charge in [0.05, 0.1) is 11.6 Å². The molecule has 0 spiro atoms. The minimum Gasteiger partial charge on any atom is -0.492 e. The number of anilines is 1. The van der Waals surface area contributed by atoms with Crippen LogP contribution in [-0.4, -0.2) is 28.9 Å². The van der Waals surface area contributed by atoms with Gasteiger partial charge in [0, 0.05) is 24.1 Å². The smallest absolute Gasteiger partial charge is 0.262 e. The van der Waals surface area contributed by atoms with Gasteiger partial charge in [-0.05, 0) is 30.3 Å². The lowest BCUT2D eigenvalue weighted by Crippen LogP contribution is -2.20. The Bertz CT molecular complexity index is 853. The average Bonchev–Trinajstić information content (AvgIpc) is 3.15. The summed E-state index contributed by atoms with van der Waals surface area (Å²) in [6.45, 7) is 0.998. The van der Waals surface area contributed by atoms with E-state index in [1.807, 2.05) is 24.4 Å². The van der Waals surface area contributed by atoms with E-state index in [2.05, 4.69) is 10.4 Å². The Hall–Kier alpha value is -2.99. The second-order valence-corrected chi connectivity index (χ2v) is 5.82. The molecule has 6 nitrogen and oxygen atoms in total. The highest BCUT2D eigenvalue weighted by Gasteiger charge is 2.07. The lowest BCUT2D eigenvalue weighted by Gasteiger charge is -2.10. The summed E-state index contributed by atoms with van der Waals surface area (Å²) >= 11 is 5.99. The Kier molecular flexibility index (Phi) is 6.11. The molecule has 1 N–H and O–H groups in total. The van der Waals surface area contributed by atoms with Crippen molar-refractivity contribution in [1.82, 2.24) is 9.78 Å². The van der Waals surface area contributed by atoms with Crippen LogP contribution in [0.3, 0.4) is 0 Å². The van der Waals surface area contributed by atoms with Gasteiger partial charge in [0.1, 0.15) is 18.1 Å². The fourth-order valence-corrected chi connectivity index (χ4v) is 2.45. The third-order valence-electron chi connectivity index (χ3n) is 3.46. The van der Waals surface area contributed by atoms with Gasteiger partial charge in [0.2, 0.25) is 0 Å². The number of halogens is 1. The van der Waals surface area contributed by atoms with Crippen molar-refractivity contribution < 1.29 is 14.3 Å². The van der Waals surface area contributed by atoms with Gasteiger partial charge in [-0.15, -0.1) is 0 Å². The number of aromatic nitrogens is 2. The molecule has 7 heteroatoms. The predicted molar refractivity (Wildman–Crippen MR) is 99.7 cm³/mol. The first-order valence-corrected chi connectivity index (χ1v) is 8.46. The molecule has 0 radical (unpaired) electrons. The Morgan fingerprint density at radius 2 is 2.00 bits per heavy atom. The van der Waals surface area contributed by atoms with Crippen LogP contribution in [0.1, 0.15) is 0 Å². The molecule has 2 aromatic carbocycles. The van der Waals surface area contributed by atoms with Crippen molar-refractivity contribution in [1.29, 1.82) is 0 Å². The van der Waals surface area contributed by atoms with Gasteiger partial charge in [-0.3, -0.25) is 9.48 Å². The van der Waals surface area contributed by atoms with Crippen LogP contribution >= 0.6 is 11.6 Å². The predicted octanol–water partition coefficient (Wildman–Crippen LogP) is 3.63. The highest BCUT2D eigenvalue weighted by molar-refractivity contribution is 6.32. The third-order valence-corrected chi connectivity index (χ3v) is 3.77. The van der Waals surface area contributed by atoms with E-state index in [1.165, 1.54) is 0 Å². The summed E-state index contributed by atoms with van der Waals surface area (Å²) in [5.74, 6) is 0.862. The van der Waals surface area contributed by atoms with E-state index in [0.717, 1.165) is 0 Å². The van der Waals surface area contributed by atoms with Crippen LogP contribution in [0.4, 0.5) is 5.69 Å². The second-order valence-electron chi connectivity index (χ2n) is 5.41. The van der Waals surface area contributed by atoms with Crippen LogP contribution in [0.25, 0.3) is 0 Å². The topological polar surface area (TPSA) is 65.4 Å². The van der Waals surface area contributed by atoms with Crippen LogP contribution in [-0.2, 0) is 11.3 Å². The van der Waals surface area contributed by atoms with Crippen molar-refractivity contribution in [2.45, 2.75) is 6.54 Å². The maximum Gasteiger partial charge on any atom is 0.262 e. The molecule has 3 aromatic rings. The lowest BCUT2D eigenvalue weighted by molar-refractivity contribution is -0.118.